The van der Waals surface area contributed by atoms with Gasteiger partial charge in [-0.1, -0.05) is 12.1 Å². The summed E-state index contributed by atoms with van der Waals surface area (Å²) in [5.74, 6) is 0.0294. The van der Waals surface area contributed by atoms with Crippen LogP contribution < -0.4 is 0 Å². The van der Waals surface area contributed by atoms with Crippen molar-refractivity contribution >= 4 is 34.5 Å². The van der Waals surface area contributed by atoms with E-state index in [1.54, 1.807) is 13.2 Å². The first-order valence-corrected chi connectivity index (χ1v) is 6.04. The van der Waals surface area contributed by atoms with E-state index in [9.17, 15) is 4.79 Å². The highest BCUT2D eigenvalue weighted by molar-refractivity contribution is 14.1. The molecule has 0 aliphatic carbocycles. The van der Waals surface area contributed by atoms with E-state index in [0.29, 0.717) is 0 Å². The Bertz CT molecular complexity index is 457. The molecule has 0 saturated heterocycles. The van der Waals surface area contributed by atoms with Crippen LogP contribution in [0.1, 0.15) is 12.5 Å². The Hall–Kier alpha value is -1.10. The summed E-state index contributed by atoms with van der Waals surface area (Å²) in [6.45, 7) is 1.54. The van der Waals surface area contributed by atoms with Gasteiger partial charge in [0.1, 0.15) is 0 Å². The average Bonchev–Trinajstić information content (AvgIpc) is 2.69. The van der Waals surface area contributed by atoms with Gasteiger partial charge < -0.3 is 4.74 Å². The number of Topliss-reactive ketones (excluding diaryl/α,β-unsaturated/α-hetero) is 1. The van der Waals surface area contributed by atoms with Crippen molar-refractivity contribution in [2.24, 2.45) is 0 Å². The number of rotatable bonds is 2. The van der Waals surface area contributed by atoms with Gasteiger partial charge in [0.15, 0.2) is 11.9 Å². The number of carbonyl (C=O) groups is 1. The lowest BCUT2D eigenvalue weighted by atomic mass is 10.0. The molecule has 1 atom stereocenters. The molecular weight excluding hydrogens is 315 g/mol. The topological polar surface area (TPSA) is 26.3 Å². The van der Waals surface area contributed by atoms with Crippen molar-refractivity contribution in [1.82, 2.24) is 0 Å². The molecule has 1 heterocycles. The summed E-state index contributed by atoms with van der Waals surface area (Å²) in [5, 5.41) is 0. The number of benzene rings is 1. The van der Waals surface area contributed by atoms with Crippen molar-refractivity contribution in [3.05, 3.63) is 51.3 Å². The summed E-state index contributed by atoms with van der Waals surface area (Å²) in [4.78, 5) is 11.3. The van der Waals surface area contributed by atoms with Gasteiger partial charge in [-0.15, -0.1) is 0 Å². The van der Waals surface area contributed by atoms with Gasteiger partial charge in [0.05, 0.1) is 6.26 Å². The Morgan fingerprint density at radius 3 is 2.69 bits per heavy atom. The normalized spacial score (nSPS) is 21.1. The number of hydrogen-bond acceptors (Lipinski definition) is 2. The first kappa shape index (κ1) is 11.4. The molecule has 0 spiro atoms. The largest absolute Gasteiger partial charge is 0.486 e. The van der Waals surface area contributed by atoms with E-state index in [2.05, 4.69) is 22.6 Å². The van der Waals surface area contributed by atoms with Gasteiger partial charge in [0, 0.05) is 9.14 Å². The van der Waals surface area contributed by atoms with Gasteiger partial charge in [-0.2, -0.15) is 0 Å². The second-order valence-corrected chi connectivity index (χ2v) is 4.87. The fourth-order valence-corrected chi connectivity index (χ4v) is 1.93. The van der Waals surface area contributed by atoms with Gasteiger partial charge in [0.2, 0.25) is 0 Å². The maximum absolute atomic E-state index is 11.3. The molecule has 1 unspecified atom stereocenters. The smallest absolute Gasteiger partial charge is 0.181 e. The van der Waals surface area contributed by atoms with Crippen LogP contribution in [0.25, 0.3) is 6.08 Å². The van der Waals surface area contributed by atoms with Crippen LogP contribution in [0.4, 0.5) is 0 Å². The molecule has 1 aromatic carbocycles. The fraction of sp³-hybridized carbons (Fsp3) is 0.154. The number of carbonyl (C=O) groups excluding carboxylic acids is 1. The van der Waals surface area contributed by atoms with Crippen LogP contribution in [0.15, 0.2) is 42.2 Å². The zero-order valence-corrected chi connectivity index (χ0v) is 11.0. The monoisotopic (exact) mass is 326 g/mol. The molecule has 0 aromatic heterocycles. The van der Waals surface area contributed by atoms with E-state index in [1.807, 2.05) is 36.4 Å². The van der Waals surface area contributed by atoms with E-state index < -0.39 is 6.10 Å². The molecule has 0 fully saturated rings. The maximum atomic E-state index is 11.3. The van der Waals surface area contributed by atoms with E-state index in [1.165, 1.54) is 3.57 Å². The van der Waals surface area contributed by atoms with E-state index in [-0.39, 0.29) is 5.78 Å². The van der Waals surface area contributed by atoms with Gasteiger partial charge in [-0.3, -0.25) is 4.79 Å². The molecule has 1 aliphatic rings. The van der Waals surface area contributed by atoms with Crippen LogP contribution in [0.2, 0.25) is 0 Å². The van der Waals surface area contributed by atoms with Crippen molar-refractivity contribution in [3.8, 4) is 0 Å². The average molecular weight is 326 g/mol. The molecule has 1 aromatic rings. The molecule has 2 nitrogen and oxygen atoms in total. The predicted octanol–water partition coefficient (Wildman–Crippen LogP) is 3.18. The number of ketones is 1. The van der Waals surface area contributed by atoms with Crippen LogP contribution in [0.3, 0.4) is 0 Å². The van der Waals surface area contributed by atoms with Crippen molar-refractivity contribution in [3.63, 3.8) is 0 Å². The van der Waals surface area contributed by atoms with E-state index in [4.69, 9.17) is 4.74 Å². The highest BCUT2D eigenvalue weighted by Gasteiger charge is 2.21. The summed E-state index contributed by atoms with van der Waals surface area (Å²) in [6, 6.07) is 8.13. The molecule has 16 heavy (non-hydrogen) atoms. The minimum absolute atomic E-state index is 0.0294. The zero-order valence-electron chi connectivity index (χ0n) is 8.81. The van der Waals surface area contributed by atoms with Crippen LogP contribution in [0, 0.1) is 3.57 Å². The lowest BCUT2D eigenvalue weighted by molar-refractivity contribution is -0.122. The van der Waals surface area contributed by atoms with Crippen LogP contribution in [-0.4, -0.2) is 11.9 Å². The summed E-state index contributed by atoms with van der Waals surface area (Å²) in [7, 11) is 0. The molecule has 3 heteroatoms. The Balaban J connectivity index is 2.26. The van der Waals surface area contributed by atoms with Crippen LogP contribution in [-0.2, 0) is 9.53 Å². The molecule has 0 N–H and O–H groups in total. The highest BCUT2D eigenvalue weighted by atomic mass is 127. The third kappa shape index (κ3) is 2.52. The van der Waals surface area contributed by atoms with Crippen molar-refractivity contribution in [2.45, 2.75) is 13.0 Å². The third-order valence-corrected chi connectivity index (χ3v) is 3.07. The van der Waals surface area contributed by atoms with Gasteiger partial charge in [-0.05, 0) is 59.4 Å². The van der Waals surface area contributed by atoms with Gasteiger partial charge >= 0.3 is 0 Å². The van der Waals surface area contributed by atoms with E-state index >= 15 is 0 Å². The molecular formula is C13H11IO2. The third-order valence-electron chi connectivity index (χ3n) is 2.35. The Labute approximate surface area is 108 Å². The van der Waals surface area contributed by atoms with Crippen molar-refractivity contribution in [2.75, 3.05) is 0 Å². The zero-order chi connectivity index (χ0) is 11.5. The molecule has 0 radical (unpaired) electrons. The lowest BCUT2D eigenvalue weighted by Gasteiger charge is -2.07. The van der Waals surface area contributed by atoms with Crippen LogP contribution >= 0.6 is 22.6 Å². The number of ether oxygens (including phenoxy) is 1. The van der Waals surface area contributed by atoms with Gasteiger partial charge in [-0.25, -0.2) is 0 Å². The van der Waals surface area contributed by atoms with Crippen molar-refractivity contribution in [1.29, 1.82) is 0 Å². The molecule has 1 aliphatic heterocycles. The predicted molar refractivity (Wildman–Crippen MR) is 71.8 cm³/mol. The minimum atomic E-state index is -0.431. The Morgan fingerprint density at radius 1 is 1.38 bits per heavy atom. The first-order valence-electron chi connectivity index (χ1n) is 4.96. The Kier molecular flexibility index (Phi) is 3.43. The standard InChI is InChI=1S/C13H11IO2/c1-9(15)13-11(6-7-16-13)8-10-2-4-12(14)5-3-10/h2-8,13H,1H3. The second kappa shape index (κ2) is 4.82. The highest BCUT2D eigenvalue weighted by Crippen LogP contribution is 2.21. The van der Waals surface area contributed by atoms with Crippen LogP contribution in [0.5, 0.6) is 0 Å². The summed E-state index contributed by atoms with van der Waals surface area (Å²) >= 11 is 2.26. The number of hydrogen-bond donors (Lipinski definition) is 0. The minimum Gasteiger partial charge on any atom is -0.486 e. The van der Waals surface area contributed by atoms with Crippen molar-refractivity contribution < 1.29 is 9.53 Å². The quantitative estimate of drug-likeness (QED) is 0.781. The molecule has 82 valence electrons. The van der Waals surface area contributed by atoms with E-state index in [0.717, 1.165) is 11.1 Å². The molecule has 0 bridgehead atoms. The van der Waals surface area contributed by atoms with Gasteiger partial charge in [0.25, 0.3) is 0 Å². The fourth-order valence-electron chi connectivity index (χ4n) is 1.57. The lowest BCUT2D eigenvalue weighted by Crippen LogP contribution is -2.17. The SMILES string of the molecule is CC(=O)C1OC=CC1=Cc1ccc(I)cc1. The molecule has 2 rings (SSSR count). The molecule has 0 saturated carbocycles. The number of halogens is 1. The summed E-state index contributed by atoms with van der Waals surface area (Å²) in [6.07, 6.45) is 4.96. The summed E-state index contributed by atoms with van der Waals surface area (Å²) in [5.41, 5.74) is 1.99. The Morgan fingerprint density at radius 2 is 2.06 bits per heavy atom. The first-order chi connectivity index (χ1) is 7.66. The second-order valence-electron chi connectivity index (χ2n) is 3.63. The molecule has 0 amide bonds. The maximum Gasteiger partial charge on any atom is 0.181 e. The summed E-state index contributed by atoms with van der Waals surface area (Å²) < 4.78 is 6.42.